The van der Waals surface area contributed by atoms with E-state index in [4.69, 9.17) is 17.3 Å². The molecular weight excluding hydrogens is 292 g/mol. The second-order valence-corrected chi connectivity index (χ2v) is 6.82. The molecule has 0 unspecified atom stereocenters. The molecule has 2 heterocycles. The zero-order valence-electron chi connectivity index (χ0n) is 12.8. The number of rotatable bonds is 5. The Morgan fingerprint density at radius 1 is 1.09 bits per heavy atom. The normalized spacial score (nSPS) is 18.9. The predicted molar refractivity (Wildman–Crippen MR) is 89.4 cm³/mol. The molecule has 4 rings (SSSR count). The lowest BCUT2D eigenvalue weighted by molar-refractivity contribution is 0.252. The molecule has 116 valence electrons. The third kappa shape index (κ3) is 2.88. The quantitative estimate of drug-likeness (QED) is 0.791. The van der Waals surface area contributed by atoms with Crippen molar-refractivity contribution in [1.82, 2.24) is 19.2 Å². The second kappa shape index (κ2) is 5.97. The first-order valence-corrected chi connectivity index (χ1v) is 8.66. The first-order chi connectivity index (χ1) is 10.8. The van der Waals surface area contributed by atoms with Crippen LogP contribution < -0.4 is 0 Å². The summed E-state index contributed by atoms with van der Waals surface area (Å²) in [5, 5.41) is 4.87. The number of nitrogens with zero attached hydrogens (tertiary/aromatic N) is 4. The number of aromatic nitrogens is 3. The van der Waals surface area contributed by atoms with E-state index in [1.54, 1.807) is 0 Å². The van der Waals surface area contributed by atoms with Gasteiger partial charge in [0.15, 0.2) is 4.77 Å². The lowest BCUT2D eigenvalue weighted by Gasteiger charge is -2.13. The van der Waals surface area contributed by atoms with Gasteiger partial charge in [0.05, 0.1) is 13.2 Å². The standard InChI is InChI=1S/C17H22N4S/c22-17-20(12-14-6-2-1-3-7-14)16(15-8-9-15)18-21(17)13-19-10-4-5-11-19/h1-3,6-7,15H,4-5,8-13H2. The van der Waals surface area contributed by atoms with Crippen molar-refractivity contribution in [3.05, 3.63) is 46.5 Å². The highest BCUT2D eigenvalue weighted by Gasteiger charge is 2.30. The molecule has 0 atom stereocenters. The van der Waals surface area contributed by atoms with E-state index in [1.165, 1.54) is 50.2 Å². The van der Waals surface area contributed by atoms with Gasteiger partial charge < -0.3 is 0 Å². The summed E-state index contributed by atoms with van der Waals surface area (Å²) in [5.74, 6) is 1.80. The van der Waals surface area contributed by atoms with E-state index < -0.39 is 0 Å². The number of benzene rings is 1. The maximum absolute atomic E-state index is 5.73. The molecule has 1 saturated heterocycles. The monoisotopic (exact) mass is 314 g/mol. The Balaban J connectivity index is 1.63. The molecule has 1 aliphatic carbocycles. The van der Waals surface area contributed by atoms with E-state index >= 15 is 0 Å². The maximum atomic E-state index is 5.73. The Labute approximate surface area is 136 Å². The molecule has 4 nitrogen and oxygen atoms in total. The molecule has 0 N–H and O–H groups in total. The molecule has 0 spiro atoms. The van der Waals surface area contributed by atoms with Gasteiger partial charge in [-0.15, -0.1) is 0 Å². The molecule has 2 aromatic rings. The Morgan fingerprint density at radius 3 is 2.50 bits per heavy atom. The first kappa shape index (κ1) is 14.2. The van der Waals surface area contributed by atoms with Crippen LogP contribution in [0.25, 0.3) is 0 Å². The molecule has 1 aromatic heterocycles. The fourth-order valence-corrected chi connectivity index (χ4v) is 3.48. The Kier molecular flexibility index (Phi) is 3.84. The lowest BCUT2D eigenvalue weighted by Crippen LogP contribution is -2.23. The van der Waals surface area contributed by atoms with Gasteiger partial charge in [0.2, 0.25) is 0 Å². The van der Waals surface area contributed by atoms with Crippen LogP contribution in [0.4, 0.5) is 0 Å². The average Bonchev–Trinajstić information content (AvgIpc) is 3.18. The minimum atomic E-state index is 0.616. The van der Waals surface area contributed by atoms with E-state index in [0.717, 1.165) is 18.0 Å². The van der Waals surface area contributed by atoms with Crippen molar-refractivity contribution >= 4 is 12.2 Å². The van der Waals surface area contributed by atoms with Crippen molar-refractivity contribution in [2.75, 3.05) is 13.1 Å². The summed E-state index contributed by atoms with van der Waals surface area (Å²) in [6.07, 6.45) is 5.11. The largest absolute Gasteiger partial charge is 0.299 e. The topological polar surface area (TPSA) is 26.0 Å². The molecule has 0 amide bonds. The van der Waals surface area contributed by atoms with Gasteiger partial charge in [-0.2, -0.15) is 5.10 Å². The van der Waals surface area contributed by atoms with Gasteiger partial charge in [-0.25, -0.2) is 4.68 Å². The van der Waals surface area contributed by atoms with Crippen molar-refractivity contribution < 1.29 is 0 Å². The van der Waals surface area contributed by atoms with Crippen molar-refractivity contribution in [2.24, 2.45) is 0 Å². The molecular formula is C17H22N4S. The molecule has 1 aliphatic heterocycles. The van der Waals surface area contributed by atoms with Crippen LogP contribution >= 0.6 is 12.2 Å². The molecule has 22 heavy (non-hydrogen) atoms. The molecule has 0 radical (unpaired) electrons. The van der Waals surface area contributed by atoms with Crippen molar-refractivity contribution in [3.63, 3.8) is 0 Å². The van der Waals surface area contributed by atoms with Gasteiger partial charge >= 0.3 is 0 Å². The third-order valence-electron chi connectivity index (χ3n) is 4.61. The van der Waals surface area contributed by atoms with Crippen LogP contribution in [0.2, 0.25) is 0 Å². The van der Waals surface area contributed by atoms with Crippen LogP contribution in [-0.2, 0) is 13.2 Å². The highest BCUT2D eigenvalue weighted by Crippen LogP contribution is 2.39. The predicted octanol–water partition coefficient (Wildman–Crippen LogP) is 3.39. The Hall–Kier alpha value is -1.46. The van der Waals surface area contributed by atoms with Crippen LogP contribution in [0, 0.1) is 4.77 Å². The molecule has 1 aromatic carbocycles. The average molecular weight is 314 g/mol. The Morgan fingerprint density at radius 2 is 1.82 bits per heavy atom. The van der Waals surface area contributed by atoms with Gasteiger partial charge in [-0.05, 0) is 56.6 Å². The van der Waals surface area contributed by atoms with Gasteiger partial charge in [0, 0.05) is 5.92 Å². The highest BCUT2D eigenvalue weighted by atomic mass is 32.1. The zero-order chi connectivity index (χ0) is 14.9. The van der Waals surface area contributed by atoms with Gasteiger partial charge in [0.1, 0.15) is 5.82 Å². The van der Waals surface area contributed by atoms with Crippen LogP contribution in [0.1, 0.15) is 43.0 Å². The van der Waals surface area contributed by atoms with Crippen molar-refractivity contribution in [3.8, 4) is 0 Å². The lowest BCUT2D eigenvalue weighted by atomic mass is 10.2. The van der Waals surface area contributed by atoms with Crippen LogP contribution in [0.3, 0.4) is 0 Å². The van der Waals surface area contributed by atoms with Crippen molar-refractivity contribution in [1.29, 1.82) is 0 Å². The molecule has 5 heteroatoms. The highest BCUT2D eigenvalue weighted by molar-refractivity contribution is 7.71. The third-order valence-corrected chi connectivity index (χ3v) is 5.04. The maximum Gasteiger partial charge on any atom is 0.199 e. The van der Waals surface area contributed by atoms with Crippen LogP contribution in [-0.4, -0.2) is 32.3 Å². The summed E-state index contributed by atoms with van der Waals surface area (Å²) < 4.78 is 5.16. The fourth-order valence-electron chi connectivity index (χ4n) is 3.22. The second-order valence-electron chi connectivity index (χ2n) is 6.45. The summed E-state index contributed by atoms with van der Waals surface area (Å²) in [7, 11) is 0. The van der Waals surface area contributed by atoms with Crippen LogP contribution in [0.15, 0.2) is 30.3 Å². The van der Waals surface area contributed by atoms with Gasteiger partial charge in [-0.3, -0.25) is 9.47 Å². The molecule has 2 aliphatic rings. The number of hydrogen-bond donors (Lipinski definition) is 0. The van der Waals surface area contributed by atoms with Crippen molar-refractivity contribution in [2.45, 2.75) is 44.8 Å². The molecule has 0 bridgehead atoms. The summed E-state index contributed by atoms with van der Waals surface area (Å²) >= 11 is 5.73. The van der Waals surface area contributed by atoms with E-state index in [1.807, 2.05) is 4.68 Å². The molecule has 2 fully saturated rings. The first-order valence-electron chi connectivity index (χ1n) is 8.25. The van der Waals surface area contributed by atoms with E-state index in [0.29, 0.717) is 5.92 Å². The number of hydrogen-bond acceptors (Lipinski definition) is 3. The van der Waals surface area contributed by atoms with Gasteiger partial charge in [0.25, 0.3) is 0 Å². The van der Waals surface area contributed by atoms with Gasteiger partial charge in [-0.1, -0.05) is 30.3 Å². The number of likely N-dealkylation sites (tertiary alicyclic amines) is 1. The summed E-state index contributed by atoms with van der Waals surface area (Å²) in [6.45, 7) is 4.03. The van der Waals surface area contributed by atoms with Crippen LogP contribution in [0.5, 0.6) is 0 Å². The summed E-state index contributed by atoms with van der Waals surface area (Å²) in [5.41, 5.74) is 1.29. The Bertz CT molecular complexity index is 693. The summed E-state index contributed by atoms with van der Waals surface area (Å²) in [6, 6.07) is 10.6. The smallest absolute Gasteiger partial charge is 0.199 e. The minimum absolute atomic E-state index is 0.616. The van der Waals surface area contributed by atoms with E-state index in [9.17, 15) is 0 Å². The zero-order valence-corrected chi connectivity index (χ0v) is 13.6. The SMILES string of the molecule is S=c1n(CN2CCCC2)nc(C2CC2)n1Cc1ccccc1. The van der Waals surface area contributed by atoms with E-state index in [-0.39, 0.29) is 0 Å². The minimum Gasteiger partial charge on any atom is -0.299 e. The molecule has 1 saturated carbocycles. The van der Waals surface area contributed by atoms with E-state index in [2.05, 4.69) is 39.8 Å². The fraction of sp³-hybridized carbons (Fsp3) is 0.529. The summed E-state index contributed by atoms with van der Waals surface area (Å²) in [4.78, 5) is 2.45.